The molecule has 174 valence electrons. The number of carboxylic acid groups (broad SMARTS) is 1. The average Bonchev–Trinajstić information content (AvgIpc) is 2.73. The molecule has 0 atom stereocenters. The SMILES string of the molecule is CC1(C)C=C([C@H]2CC[C@H](C)CC2)c2cc(C(=O)Nc3ccc(C(=O)O)c(F)c3)cc(Br)c2O1. The summed E-state index contributed by atoms with van der Waals surface area (Å²) in [6.07, 6.45) is 6.73. The Balaban J connectivity index is 1.66. The van der Waals surface area contributed by atoms with Crippen LogP contribution in [0.4, 0.5) is 10.1 Å². The highest BCUT2D eigenvalue weighted by Crippen LogP contribution is 2.47. The van der Waals surface area contributed by atoms with Gasteiger partial charge in [-0.3, -0.25) is 4.79 Å². The van der Waals surface area contributed by atoms with E-state index in [4.69, 9.17) is 9.84 Å². The second kappa shape index (κ2) is 8.93. The molecule has 1 saturated carbocycles. The molecule has 2 N–H and O–H groups in total. The lowest BCUT2D eigenvalue weighted by atomic mass is 9.75. The number of nitrogens with one attached hydrogen (secondary N) is 1. The first-order valence-electron chi connectivity index (χ1n) is 11.1. The van der Waals surface area contributed by atoms with Crippen molar-refractivity contribution in [3.8, 4) is 5.75 Å². The van der Waals surface area contributed by atoms with Crippen molar-refractivity contribution >= 4 is 39.1 Å². The van der Waals surface area contributed by atoms with E-state index < -0.39 is 28.9 Å². The van der Waals surface area contributed by atoms with Gasteiger partial charge in [-0.05, 0) is 96.4 Å². The number of aromatic carboxylic acids is 1. The summed E-state index contributed by atoms with van der Waals surface area (Å²) < 4.78 is 21.0. The second-order valence-corrected chi connectivity index (χ2v) is 10.4. The quantitative estimate of drug-likeness (QED) is 0.463. The summed E-state index contributed by atoms with van der Waals surface area (Å²) in [7, 11) is 0. The monoisotopic (exact) mass is 515 g/mol. The number of anilines is 1. The van der Waals surface area contributed by atoms with Gasteiger partial charge in [0.05, 0.1) is 10.0 Å². The number of allylic oxidation sites excluding steroid dienone is 1. The minimum atomic E-state index is -1.36. The number of carboxylic acids is 1. The van der Waals surface area contributed by atoms with Crippen LogP contribution in [0.2, 0.25) is 0 Å². The third kappa shape index (κ3) is 4.98. The molecule has 1 heterocycles. The molecule has 0 saturated heterocycles. The highest BCUT2D eigenvalue weighted by Gasteiger charge is 2.33. The topological polar surface area (TPSA) is 75.6 Å². The fourth-order valence-electron chi connectivity index (χ4n) is 4.67. The third-order valence-electron chi connectivity index (χ3n) is 6.40. The Morgan fingerprint density at radius 2 is 1.85 bits per heavy atom. The van der Waals surface area contributed by atoms with Crippen molar-refractivity contribution < 1.29 is 23.8 Å². The minimum Gasteiger partial charge on any atom is -0.482 e. The van der Waals surface area contributed by atoms with Crippen LogP contribution in [0.15, 0.2) is 40.9 Å². The van der Waals surface area contributed by atoms with Crippen molar-refractivity contribution in [2.75, 3.05) is 5.32 Å². The number of carbonyl (C=O) groups is 2. The van der Waals surface area contributed by atoms with Crippen LogP contribution in [0.25, 0.3) is 5.57 Å². The van der Waals surface area contributed by atoms with Crippen LogP contribution in [-0.2, 0) is 0 Å². The Morgan fingerprint density at radius 1 is 1.15 bits per heavy atom. The van der Waals surface area contributed by atoms with E-state index in [1.807, 2.05) is 19.9 Å². The van der Waals surface area contributed by atoms with Gasteiger partial charge in [0.15, 0.2) is 0 Å². The standard InChI is InChI=1S/C26H27BrFNO4/c1-14-4-6-15(7-5-14)20-13-26(2,3)33-23-19(20)10-16(11-21(23)27)24(30)29-17-8-9-18(25(31)32)22(28)12-17/h8-15H,4-7H2,1-3H3,(H,29,30)(H,31,32)/t14-,15-. The Kier molecular flexibility index (Phi) is 6.36. The van der Waals surface area contributed by atoms with Gasteiger partial charge in [-0.15, -0.1) is 0 Å². The average molecular weight is 516 g/mol. The molecule has 1 aliphatic carbocycles. The predicted octanol–water partition coefficient (Wildman–Crippen LogP) is 6.92. The molecule has 1 amide bonds. The van der Waals surface area contributed by atoms with Crippen LogP contribution in [-0.4, -0.2) is 22.6 Å². The molecule has 0 radical (unpaired) electrons. The van der Waals surface area contributed by atoms with E-state index in [0.717, 1.165) is 42.2 Å². The molecular formula is C26H27BrFNO4. The van der Waals surface area contributed by atoms with E-state index >= 15 is 0 Å². The number of benzene rings is 2. The maximum Gasteiger partial charge on any atom is 0.338 e. The molecule has 2 aromatic rings. The zero-order chi connectivity index (χ0) is 23.9. The Bertz CT molecular complexity index is 1150. The first-order chi connectivity index (χ1) is 15.5. The van der Waals surface area contributed by atoms with Crippen LogP contribution in [0.1, 0.15) is 72.7 Å². The maximum atomic E-state index is 14.0. The molecule has 2 aliphatic rings. The van der Waals surface area contributed by atoms with Gasteiger partial charge in [0.2, 0.25) is 0 Å². The van der Waals surface area contributed by atoms with Gasteiger partial charge in [-0.25, -0.2) is 9.18 Å². The van der Waals surface area contributed by atoms with Gasteiger partial charge in [0, 0.05) is 16.8 Å². The van der Waals surface area contributed by atoms with Crippen molar-refractivity contribution in [1.82, 2.24) is 0 Å². The number of amides is 1. The smallest absolute Gasteiger partial charge is 0.338 e. The van der Waals surface area contributed by atoms with Crippen molar-refractivity contribution in [3.63, 3.8) is 0 Å². The van der Waals surface area contributed by atoms with Gasteiger partial charge in [0.1, 0.15) is 17.2 Å². The van der Waals surface area contributed by atoms with E-state index in [1.165, 1.54) is 24.5 Å². The van der Waals surface area contributed by atoms with Crippen LogP contribution >= 0.6 is 15.9 Å². The van der Waals surface area contributed by atoms with Crippen molar-refractivity contribution in [3.05, 3.63) is 63.4 Å². The highest BCUT2D eigenvalue weighted by molar-refractivity contribution is 9.10. The number of fused-ring (bicyclic) bond motifs is 1. The van der Waals surface area contributed by atoms with E-state index in [1.54, 1.807) is 6.07 Å². The van der Waals surface area contributed by atoms with Crippen LogP contribution in [0.5, 0.6) is 5.75 Å². The Labute approximate surface area is 201 Å². The zero-order valence-electron chi connectivity index (χ0n) is 18.9. The molecular weight excluding hydrogens is 489 g/mol. The lowest BCUT2D eigenvalue weighted by molar-refractivity contribution is 0.0691. The fraction of sp³-hybridized carbons (Fsp3) is 0.385. The number of hydrogen-bond donors (Lipinski definition) is 2. The normalized spacial score (nSPS) is 21.4. The number of carbonyl (C=O) groups excluding carboxylic acids is 1. The van der Waals surface area contributed by atoms with E-state index in [0.29, 0.717) is 16.0 Å². The molecule has 5 nitrogen and oxygen atoms in total. The second-order valence-electron chi connectivity index (χ2n) is 9.55. The van der Waals surface area contributed by atoms with Crippen LogP contribution in [0, 0.1) is 17.7 Å². The van der Waals surface area contributed by atoms with Crippen molar-refractivity contribution in [2.45, 2.75) is 52.1 Å². The Hall–Kier alpha value is -2.67. The summed E-state index contributed by atoms with van der Waals surface area (Å²) in [6, 6.07) is 7.04. The molecule has 2 aromatic carbocycles. The van der Waals surface area contributed by atoms with Crippen molar-refractivity contribution in [1.29, 1.82) is 0 Å². The van der Waals surface area contributed by atoms with Gasteiger partial charge in [-0.2, -0.15) is 0 Å². The van der Waals surface area contributed by atoms with Crippen molar-refractivity contribution in [2.24, 2.45) is 11.8 Å². The summed E-state index contributed by atoms with van der Waals surface area (Å²) in [5.41, 5.74) is 1.80. The summed E-state index contributed by atoms with van der Waals surface area (Å²) >= 11 is 3.58. The highest BCUT2D eigenvalue weighted by atomic mass is 79.9. The summed E-state index contributed by atoms with van der Waals surface area (Å²) in [5.74, 6) is -0.813. The van der Waals surface area contributed by atoms with E-state index in [2.05, 4.69) is 34.2 Å². The Morgan fingerprint density at radius 3 is 2.48 bits per heavy atom. The number of rotatable bonds is 4. The number of ether oxygens (including phenoxy) is 1. The van der Waals surface area contributed by atoms with E-state index in [-0.39, 0.29) is 5.69 Å². The van der Waals surface area contributed by atoms with Gasteiger partial charge in [-0.1, -0.05) is 19.8 Å². The minimum absolute atomic E-state index is 0.186. The predicted molar refractivity (Wildman–Crippen MR) is 129 cm³/mol. The molecule has 0 spiro atoms. The fourth-order valence-corrected chi connectivity index (χ4v) is 5.21. The molecule has 7 heteroatoms. The first-order valence-corrected chi connectivity index (χ1v) is 11.9. The summed E-state index contributed by atoms with van der Waals surface area (Å²) in [5, 5.41) is 11.7. The van der Waals surface area contributed by atoms with E-state index in [9.17, 15) is 14.0 Å². The third-order valence-corrected chi connectivity index (χ3v) is 6.99. The summed E-state index contributed by atoms with van der Waals surface area (Å²) in [4.78, 5) is 24.0. The molecule has 0 unspecified atom stereocenters. The zero-order valence-corrected chi connectivity index (χ0v) is 20.5. The largest absolute Gasteiger partial charge is 0.482 e. The summed E-state index contributed by atoms with van der Waals surface area (Å²) in [6.45, 7) is 6.35. The molecule has 0 bridgehead atoms. The maximum absolute atomic E-state index is 14.0. The van der Waals surface area contributed by atoms with Gasteiger partial charge in [0.25, 0.3) is 5.91 Å². The lowest BCUT2D eigenvalue weighted by Crippen LogP contribution is -2.31. The lowest BCUT2D eigenvalue weighted by Gasteiger charge is -2.37. The molecule has 1 fully saturated rings. The van der Waals surface area contributed by atoms with Crippen LogP contribution < -0.4 is 10.1 Å². The first kappa shape index (κ1) is 23.5. The van der Waals surface area contributed by atoms with Crippen LogP contribution in [0.3, 0.4) is 0 Å². The van der Waals surface area contributed by atoms with Gasteiger partial charge < -0.3 is 15.2 Å². The molecule has 4 rings (SSSR count). The molecule has 0 aromatic heterocycles. The number of hydrogen-bond acceptors (Lipinski definition) is 3. The molecule has 33 heavy (non-hydrogen) atoms. The molecule has 1 aliphatic heterocycles. The van der Waals surface area contributed by atoms with Gasteiger partial charge >= 0.3 is 5.97 Å². The number of halogens is 2.